The zero-order valence-electron chi connectivity index (χ0n) is 48.5. The number of guanidine groups is 1. The first kappa shape index (κ1) is 74.6. The molecule has 0 aliphatic carbocycles. The number of carboxylic acids is 1. The Morgan fingerprint density at radius 1 is 0.512 bits per heavy atom. The molecule has 0 saturated carbocycles. The number of nitrogens with zero attached hydrogens (tertiary/aromatic N) is 1. The lowest BCUT2D eigenvalue weighted by Crippen LogP contribution is -2.62. The number of aliphatic imine (C=N–C) groups is 1. The van der Waals surface area contributed by atoms with Crippen molar-refractivity contribution < 1.29 is 72.5 Å². The van der Waals surface area contributed by atoms with Gasteiger partial charge in [0.2, 0.25) is 70.9 Å². The average molecular weight is 1190 g/mol. The van der Waals surface area contributed by atoms with Crippen LogP contribution >= 0.6 is 12.6 Å². The smallest absolute Gasteiger partial charge is 0.305 e. The van der Waals surface area contributed by atoms with Crippen LogP contribution in [-0.4, -0.2) is 185 Å². The van der Waals surface area contributed by atoms with Crippen molar-refractivity contribution in [1.29, 1.82) is 0 Å². The van der Waals surface area contributed by atoms with Crippen molar-refractivity contribution in [3.8, 4) is 0 Å². The predicted octanol–water partition coefficient (Wildman–Crippen LogP) is -5.79. The standard InChI is InChI=1S/C50H90N16O15S/c1-24(2)18-31(43(76)61-29(40(52)73)14-11-12-16-51)63-47(80)39(28(8)67)66-45(78)33(20-37(71)72)64-46(79)38(26(5)6)65-44(77)32(19-25(3)4)62-41(74)27(7)59-42(75)30(15-13-17-55-49(53)54)60-36(70)23-57-34(68)21-56-35(69)22-58-48(81)50(9,10)82/h24-33,38-39,67,82H,11-23,51H2,1-10H3,(H2,52,73)(H,56,69)(H,57,68)(H,58,81)(H,59,75)(H,60,70)(H,61,76)(H,62,74)(H,63,80)(H,64,79)(H,65,77)(H,66,78)(H,71,72)(H4,53,54,55)/t27-,28+,29-,30-,31-,32-,33-,38-,39-/m0/s1. The molecule has 0 fully saturated rings. The van der Waals surface area contributed by atoms with Crippen LogP contribution in [0.4, 0.5) is 0 Å². The fraction of sp³-hybridized carbons (Fsp3) is 0.720. The Labute approximate surface area is 483 Å². The molecule has 12 amide bonds. The zero-order valence-corrected chi connectivity index (χ0v) is 49.4. The van der Waals surface area contributed by atoms with Crippen molar-refractivity contribution in [3.63, 3.8) is 0 Å². The Kier molecular flexibility index (Phi) is 34.2. The third-order valence-electron chi connectivity index (χ3n) is 11.8. The number of aliphatic hydroxyl groups excluding tert-OH is 1. The number of hydrogen-bond donors (Lipinski definition) is 18. The minimum atomic E-state index is -1.91. The number of hydrogen-bond acceptors (Lipinski definition) is 17. The minimum absolute atomic E-state index is 0.0123. The SMILES string of the molecule is CC(C)C[C@H](NC(=O)[C@H](C)NC(=O)[C@H](CCCN=C(N)N)NC(=O)CNC(=O)CNC(=O)CNC(=O)C(C)(C)S)C(=O)N[C@H](C(=O)N[C@@H](CC(=O)O)C(=O)N[C@H](C(=O)N[C@@H](CC(C)C)C(=O)N[C@@H](CCCCN)C(N)=O)[C@@H](C)O)C(C)C. The number of primary amides is 1. The van der Waals surface area contributed by atoms with E-state index in [9.17, 15) is 72.5 Å². The largest absolute Gasteiger partial charge is 0.481 e. The maximum atomic E-state index is 14.0. The molecule has 82 heavy (non-hydrogen) atoms. The first-order chi connectivity index (χ1) is 38.0. The number of carbonyl (C=O) groups excluding carboxylic acids is 12. The van der Waals surface area contributed by atoms with E-state index < -0.39 is 168 Å². The molecule has 21 N–H and O–H groups in total. The molecular weight excluding hydrogens is 1100 g/mol. The molecule has 32 heteroatoms. The summed E-state index contributed by atoms with van der Waals surface area (Å²) < 4.78 is -1.06. The van der Waals surface area contributed by atoms with E-state index in [1.54, 1.807) is 27.7 Å². The van der Waals surface area contributed by atoms with Crippen LogP contribution in [0.2, 0.25) is 0 Å². The van der Waals surface area contributed by atoms with E-state index in [1.165, 1.54) is 34.6 Å². The second kappa shape index (κ2) is 37.6. The normalized spacial score (nSPS) is 14.5. The molecule has 0 saturated heterocycles. The molecule has 0 unspecified atom stereocenters. The first-order valence-electron chi connectivity index (χ1n) is 26.9. The lowest BCUT2D eigenvalue weighted by atomic mass is 9.99. The van der Waals surface area contributed by atoms with Gasteiger partial charge in [0.15, 0.2) is 5.96 Å². The number of thiol groups is 1. The van der Waals surface area contributed by atoms with Crippen LogP contribution in [0.25, 0.3) is 0 Å². The maximum Gasteiger partial charge on any atom is 0.305 e. The Hall–Kier alpha value is -7.35. The Morgan fingerprint density at radius 2 is 0.951 bits per heavy atom. The molecule has 0 aromatic rings. The molecule has 0 bridgehead atoms. The van der Waals surface area contributed by atoms with E-state index in [0.29, 0.717) is 19.4 Å². The molecule has 0 radical (unpaired) electrons. The van der Waals surface area contributed by atoms with E-state index >= 15 is 0 Å². The van der Waals surface area contributed by atoms with Crippen molar-refractivity contribution in [3.05, 3.63) is 0 Å². The van der Waals surface area contributed by atoms with E-state index in [0.717, 1.165) is 6.92 Å². The molecule has 0 rings (SSSR count). The number of nitrogens with two attached hydrogens (primary N) is 4. The second-order valence-corrected chi connectivity index (χ2v) is 22.5. The molecule has 0 heterocycles. The number of carboxylic acid groups (broad SMARTS) is 1. The topological polar surface area (TPSA) is 511 Å². The number of unbranched alkanes of at least 4 members (excludes halogenated alkanes) is 1. The van der Waals surface area contributed by atoms with Gasteiger partial charge in [0, 0.05) is 6.54 Å². The molecular formula is C50H90N16O15S. The van der Waals surface area contributed by atoms with Gasteiger partial charge in [0.25, 0.3) is 0 Å². The van der Waals surface area contributed by atoms with E-state index in [2.05, 4.69) is 76.1 Å². The molecule has 0 aliphatic heterocycles. The Bertz CT molecular complexity index is 2240. The van der Waals surface area contributed by atoms with E-state index in [-0.39, 0.29) is 56.4 Å². The van der Waals surface area contributed by atoms with Crippen molar-refractivity contribution in [2.75, 3.05) is 32.7 Å². The fourth-order valence-corrected chi connectivity index (χ4v) is 7.44. The minimum Gasteiger partial charge on any atom is -0.481 e. The van der Waals surface area contributed by atoms with Crippen LogP contribution in [-0.2, 0) is 62.3 Å². The fourth-order valence-electron chi connectivity index (χ4n) is 7.36. The molecule has 466 valence electrons. The Balaban J connectivity index is 6.23. The number of aliphatic carboxylic acids is 1. The molecule has 0 aliphatic rings. The van der Waals surface area contributed by atoms with Gasteiger partial charge in [0.05, 0.1) is 36.9 Å². The van der Waals surface area contributed by atoms with E-state index in [1.807, 2.05) is 0 Å². The van der Waals surface area contributed by atoms with Crippen LogP contribution in [0.15, 0.2) is 4.99 Å². The van der Waals surface area contributed by atoms with Crippen LogP contribution in [0, 0.1) is 17.8 Å². The van der Waals surface area contributed by atoms with Gasteiger partial charge < -0.3 is 91.6 Å². The number of amides is 12. The highest BCUT2D eigenvalue weighted by Gasteiger charge is 2.37. The summed E-state index contributed by atoms with van der Waals surface area (Å²) in [6.45, 7) is 14.2. The van der Waals surface area contributed by atoms with Gasteiger partial charge >= 0.3 is 5.97 Å². The summed E-state index contributed by atoms with van der Waals surface area (Å²) in [6.07, 6.45) is -1.42. The van der Waals surface area contributed by atoms with Crippen molar-refractivity contribution in [2.24, 2.45) is 45.7 Å². The van der Waals surface area contributed by atoms with Crippen LogP contribution < -0.4 is 81.4 Å². The lowest BCUT2D eigenvalue weighted by molar-refractivity contribution is -0.142. The summed E-state index contributed by atoms with van der Waals surface area (Å²) in [4.78, 5) is 173. The van der Waals surface area contributed by atoms with Crippen LogP contribution in [0.3, 0.4) is 0 Å². The highest BCUT2D eigenvalue weighted by Crippen LogP contribution is 2.13. The molecule has 9 atom stereocenters. The number of rotatable bonds is 39. The predicted molar refractivity (Wildman–Crippen MR) is 303 cm³/mol. The Morgan fingerprint density at radius 3 is 1.43 bits per heavy atom. The number of carbonyl (C=O) groups is 13. The summed E-state index contributed by atoms with van der Waals surface area (Å²) in [5.41, 5.74) is 21.9. The maximum absolute atomic E-state index is 14.0. The average Bonchev–Trinajstić information content (AvgIpc) is 3.46. The second-order valence-electron chi connectivity index (χ2n) is 21.3. The van der Waals surface area contributed by atoms with E-state index in [4.69, 9.17) is 22.9 Å². The highest BCUT2D eigenvalue weighted by molar-refractivity contribution is 7.82. The molecule has 0 spiro atoms. The zero-order chi connectivity index (χ0) is 63.2. The van der Waals surface area contributed by atoms with Gasteiger partial charge in [-0.25, -0.2) is 0 Å². The summed E-state index contributed by atoms with van der Waals surface area (Å²) in [6, 6.07) is -11.7. The summed E-state index contributed by atoms with van der Waals surface area (Å²) >= 11 is 4.11. The lowest BCUT2D eigenvalue weighted by Gasteiger charge is -2.29. The molecule has 31 nitrogen and oxygen atoms in total. The van der Waals surface area contributed by atoms with Gasteiger partial charge in [-0.15, -0.1) is 0 Å². The summed E-state index contributed by atoms with van der Waals surface area (Å²) in [5.74, 6) is -13.5. The monoisotopic (exact) mass is 1190 g/mol. The van der Waals surface area contributed by atoms with Crippen molar-refractivity contribution in [1.82, 2.24) is 58.5 Å². The number of nitrogens with one attached hydrogen (secondary N) is 11. The molecule has 0 aromatic heterocycles. The van der Waals surface area contributed by atoms with Crippen LogP contribution in [0.1, 0.15) is 121 Å². The van der Waals surface area contributed by atoms with Gasteiger partial charge in [-0.05, 0) is 96.9 Å². The third kappa shape index (κ3) is 31.0. The van der Waals surface area contributed by atoms with Crippen LogP contribution in [0.5, 0.6) is 0 Å². The van der Waals surface area contributed by atoms with Gasteiger partial charge in [-0.2, -0.15) is 12.6 Å². The first-order valence-corrected chi connectivity index (χ1v) is 27.4. The third-order valence-corrected chi connectivity index (χ3v) is 12.0. The highest BCUT2D eigenvalue weighted by atomic mass is 32.1. The van der Waals surface area contributed by atoms with Crippen molar-refractivity contribution >= 4 is 95.4 Å². The van der Waals surface area contributed by atoms with Crippen molar-refractivity contribution in [2.45, 2.75) is 180 Å². The number of aliphatic hydroxyl groups is 1. The summed E-state index contributed by atoms with van der Waals surface area (Å²) in [7, 11) is 0. The van der Waals surface area contributed by atoms with Gasteiger partial charge in [-0.3, -0.25) is 67.3 Å². The quantitative estimate of drug-likeness (QED) is 0.0118. The summed E-state index contributed by atoms with van der Waals surface area (Å²) in [5, 5.41) is 46.9. The molecule has 0 aromatic carbocycles. The van der Waals surface area contributed by atoms with Gasteiger partial charge in [0.1, 0.15) is 48.3 Å². The van der Waals surface area contributed by atoms with Gasteiger partial charge in [-0.1, -0.05) is 41.5 Å².